The molecule has 0 spiro atoms. The van der Waals surface area contributed by atoms with Crippen LogP contribution in [0.2, 0.25) is 0 Å². The molecule has 11 heavy (non-hydrogen) atoms. The molecular weight excluding hydrogens is 169 g/mol. The minimum Gasteiger partial charge on any atom is -0.391 e. The van der Waals surface area contributed by atoms with Crippen molar-refractivity contribution in [2.75, 3.05) is 0 Å². The van der Waals surface area contributed by atoms with Gasteiger partial charge in [-0.1, -0.05) is 13.8 Å². The van der Waals surface area contributed by atoms with Crippen LogP contribution < -0.4 is 5.73 Å². The van der Waals surface area contributed by atoms with Gasteiger partial charge >= 0.3 is 7.60 Å². The Bertz CT molecular complexity index is 166. The summed E-state index contributed by atoms with van der Waals surface area (Å²) in [4.78, 5) is 17.1. The number of nitrogens with two attached hydrogens (primary N) is 1. The summed E-state index contributed by atoms with van der Waals surface area (Å²) in [7, 11) is -4.34. The number of aliphatic hydroxyl groups is 1. The molecule has 5 N–H and O–H groups in total. The standard InChI is InChI=1S/C5H14NO4P/c1-3(2)4(7)5(6)11(8,9)10/h3-5,7H,6H2,1-2H3,(H2,8,9,10)/t4-,5-/m1/s1. The molecule has 0 fully saturated rings. The Labute approximate surface area is 65.4 Å². The Morgan fingerprint density at radius 2 is 1.73 bits per heavy atom. The Balaban J connectivity index is 4.26. The van der Waals surface area contributed by atoms with Crippen molar-refractivity contribution >= 4 is 7.60 Å². The summed E-state index contributed by atoms with van der Waals surface area (Å²) in [5.74, 6) is -1.72. The van der Waals surface area contributed by atoms with E-state index in [0.29, 0.717) is 0 Å². The third kappa shape index (κ3) is 3.31. The number of aliphatic hydroxyl groups excluding tert-OH is 1. The van der Waals surface area contributed by atoms with Gasteiger partial charge in [-0.3, -0.25) is 4.57 Å². The SMILES string of the molecule is CC(C)[C@@H](O)[C@H](N)P(=O)(O)O. The van der Waals surface area contributed by atoms with E-state index in [-0.39, 0.29) is 5.92 Å². The molecule has 0 aromatic heterocycles. The van der Waals surface area contributed by atoms with Gasteiger partial charge in [0.2, 0.25) is 0 Å². The van der Waals surface area contributed by atoms with Crippen molar-refractivity contribution in [1.82, 2.24) is 0 Å². The topological polar surface area (TPSA) is 104 Å². The molecule has 0 aromatic rings. The molecule has 0 saturated carbocycles. The average Bonchev–Trinajstić information content (AvgIpc) is 1.82. The summed E-state index contributed by atoms with van der Waals surface area (Å²) < 4.78 is 10.5. The van der Waals surface area contributed by atoms with Gasteiger partial charge in [-0.05, 0) is 5.92 Å². The first-order chi connectivity index (χ1) is 4.76. The molecular formula is C5H14NO4P. The van der Waals surface area contributed by atoms with Gasteiger partial charge < -0.3 is 20.6 Å². The van der Waals surface area contributed by atoms with Crippen molar-refractivity contribution in [3.63, 3.8) is 0 Å². The van der Waals surface area contributed by atoms with Gasteiger partial charge in [-0.2, -0.15) is 0 Å². The van der Waals surface area contributed by atoms with E-state index in [1.54, 1.807) is 13.8 Å². The molecule has 0 radical (unpaired) electrons. The fraction of sp³-hybridized carbons (Fsp3) is 1.00. The van der Waals surface area contributed by atoms with E-state index in [4.69, 9.17) is 20.6 Å². The van der Waals surface area contributed by atoms with Crippen LogP contribution in [-0.4, -0.2) is 26.8 Å². The third-order valence-corrected chi connectivity index (χ3v) is 2.50. The zero-order valence-electron chi connectivity index (χ0n) is 6.51. The molecule has 0 bridgehead atoms. The summed E-state index contributed by atoms with van der Waals surface area (Å²) >= 11 is 0. The normalized spacial score (nSPS) is 18.5. The van der Waals surface area contributed by atoms with Gasteiger partial charge in [-0.15, -0.1) is 0 Å². The van der Waals surface area contributed by atoms with E-state index in [1.807, 2.05) is 0 Å². The third-order valence-electron chi connectivity index (χ3n) is 1.42. The van der Waals surface area contributed by atoms with Crippen LogP contribution in [0.4, 0.5) is 0 Å². The lowest BCUT2D eigenvalue weighted by molar-refractivity contribution is 0.112. The van der Waals surface area contributed by atoms with Crippen molar-refractivity contribution < 1.29 is 19.5 Å². The lowest BCUT2D eigenvalue weighted by Crippen LogP contribution is -2.37. The summed E-state index contributed by atoms with van der Waals surface area (Å²) in [5, 5.41) is 9.11. The van der Waals surface area contributed by atoms with E-state index in [1.165, 1.54) is 0 Å². The van der Waals surface area contributed by atoms with E-state index in [0.717, 1.165) is 0 Å². The zero-order valence-corrected chi connectivity index (χ0v) is 7.40. The van der Waals surface area contributed by atoms with Crippen molar-refractivity contribution in [2.45, 2.75) is 25.7 Å². The molecule has 0 unspecified atom stereocenters. The van der Waals surface area contributed by atoms with E-state index < -0.39 is 19.5 Å². The second-order valence-corrected chi connectivity index (χ2v) is 4.59. The molecule has 6 heteroatoms. The van der Waals surface area contributed by atoms with Crippen LogP contribution in [-0.2, 0) is 4.57 Å². The van der Waals surface area contributed by atoms with Crippen LogP contribution in [0, 0.1) is 5.92 Å². The van der Waals surface area contributed by atoms with E-state index in [2.05, 4.69) is 0 Å². The second-order valence-electron chi connectivity index (χ2n) is 2.81. The molecule has 68 valence electrons. The minimum absolute atomic E-state index is 0.252. The second kappa shape index (κ2) is 3.65. The van der Waals surface area contributed by atoms with E-state index >= 15 is 0 Å². The molecule has 5 nitrogen and oxygen atoms in total. The lowest BCUT2D eigenvalue weighted by atomic mass is 10.1. The van der Waals surface area contributed by atoms with Gasteiger partial charge in [0.05, 0.1) is 6.10 Å². The maximum absolute atomic E-state index is 10.5. The quantitative estimate of drug-likeness (QED) is 0.440. The first-order valence-electron chi connectivity index (χ1n) is 3.25. The summed E-state index contributed by atoms with van der Waals surface area (Å²) in [6.07, 6.45) is -1.16. The summed E-state index contributed by atoms with van der Waals surface area (Å²) in [6, 6.07) is 0. The first kappa shape index (κ1) is 11.1. The van der Waals surface area contributed by atoms with Gasteiger partial charge in [-0.25, -0.2) is 0 Å². The van der Waals surface area contributed by atoms with E-state index in [9.17, 15) is 4.57 Å². The maximum atomic E-state index is 10.5. The highest BCUT2D eigenvalue weighted by molar-refractivity contribution is 7.52. The minimum atomic E-state index is -4.34. The molecule has 0 rings (SSSR count). The number of hydrogen-bond acceptors (Lipinski definition) is 3. The molecule has 0 saturated heterocycles. The van der Waals surface area contributed by atoms with Crippen LogP contribution in [0.1, 0.15) is 13.8 Å². The number of rotatable bonds is 3. The fourth-order valence-electron chi connectivity index (χ4n) is 0.593. The van der Waals surface area contributed by atoms with Crippen LogP contribution in [0.5, 0.6) is 0 Å². The van der Waals surface area contributed by atoms with Crippen LogP contribution in [0.15, 0.2) is 0 Å². The largest absolute Gasteiger partial charge is 0.391 e. The summed E-state index contributed by atoms with van der Waals surface area (Å²) in [6.45, 7) is 3.28. The first-order valence-corrected chi connectivity index (χ1v) is 4.94. The van der Waals surface area contributed by atoms with Gasteiger partial charge in [0, 0.05) is 0 Å². The maximum Gasteiger partial charge on any atom is 0.344 e. The Morgan fingerprint density at radius 3 is 1.82 bits per heavy atom. The van der Waals surface area contributed by atoms with Crippen LogP contribution in [0.3, 0.4) is 0 Å². The van der Waals surface area contributed by atoms with Crippen LogP contribution >= 0.6 is 7.60 Å². The van der Waals surface area contributed by atoms with Crippen molar-refractivity contribution in [2.24, 2.45) is 11.7 Å². The van der Waals surface area contributed by atoms with Crippen molar-refractivity contribution in [3.05, 3.63) is 0 Å². The smallest absolute Gasteiger partial charge is 0.344 e. The lowest BCUT2D eigenvalue weighted by Gasteiger charge is -2.22. The Kier molecular flexibility index (Phi) is 3.67. The zero-order chi connectivity index (χ0) is 9.23. The highest BCUT2D eigenvalue weighted by atomic mass is 31.2. The van der Waals surface area contributed by atoms with Gasteiger partial charge in [0.1, 0.15) is 5.78 Å². The Hall–Kier alpha value is 0.0700. The predicted octanol–water partition coefficient (Wildman–Crippen LogP) is -0.534. The van der Waals surface area contributed by atoms with Gasteiger partial charge in [0.25, 0.3) is 0 Å². The molecule has 0 aromatic carbocycles. The molecule has 0 aliphatic carbocycles. The highest BCUT2D eigenvalue weighted by Gasteiger charge is 2.33. The molecule has 0 aliphatic rings. The highest BCUT2D eigenvalue weighted by Crippen LogP contribution is 2.40. The number of hydrogen-bond donors (Lipinski definition) is 4. The predicted molar refractivity (Wildman–Crippen MR) is 40.9 cm³/mol. The average molecular weight is 183 g/mol. The molecule has 2 atom stereocenters. The summed E-state index contributed by atoms with van der Waals surface area (Å²) in [5.41, 5.74) is 5.08. The molecule has 0 heterocycles. The monoisotopic (exact) mass is 183 g/mol. The molecule has 0 aliphatic heterocycles. The fourth-order valence-corrected chi connectivity index (χ4v) is 1.34. The Morgan fingerprint density at radius 1 is 1.36 bits per heavy atom. The van der Waals surface area contributed by atoms with Crippen molar-refractivity contribution in [3.8, 4) is 0 Å². The van der Waals surface area contributed by atoms with Gasteiger partial charge in [0.15, 0.2) is 0 Å². The van der Waals surface area contributed by atoms with Crippen LogP contribution in [0.25, 0.3) is 0 Å². The molecule has 0 amide bonds. The van der Waals surface area contributed by atoms with Crippen molar-refractivity contribution in [1.29, 1.82) is 0 Å².